The molecule has 0 heterocycles. The Morgan fingerprint density at radius 2 is 2.05 bits per heavy atom. The van der Waals surface area contributed by atoms with Gasteiger partial charge in [0, 0.05) is 12.1 Å². The van der Waals surface area contributed by atoms with Gasteiger partial charge in [-0.05, 0) is 25.1 Å². The maximum atomic E-state index is 13.2. The van der Waals surface area contributed by atoms with Crippen LogP contribution in [0.1, 0.15) is 22.8 Å². The summed E-state index contributed by atoms with van der Waals surface area (Å²) < 4.78 is 50.5. The van der Waals surface area contributed by atoms with E-state index in [-0.39, 0.29) is 17.7 Å². The molecule has 0 radical (unpaired) electrons. The molecule has 1 amide bonds. The molecule has 0 fully saturated rings. The van der Waals surface area contributed by atoms with Gasteiger partial charge >= 0.3 is 6.18 Å². The van der Waals surface area contributed by atoms with Crippen molar-refractivity contribution in [3.63, 3.8) is 0 Å². The van der Waals surface area contributed by atoms with Gasteiger partial charge in [-0.3, -0.25) is 4.79 Å². The van der Waals surface area contributed by atoms with Crippen molar-refractivity contribution in [3.05, 3.63) is 35.1 Å². The fourth-order valence-corrected chi connectivity index (χ4v) is 1.65. The zero-order chi connectivity index (χ0) is 16.0. The van der Waals surface area contributed by atoms with E-state index in [0.29, 0.717) is 4.90 Å². The first-order chi connectivity index (χ1) is 9.78. The lowest BCUT2D eigenvalue weighted by molar-refractivity contribution is -0.140. The third kappa shape index (κ3) is 5.08. The van der Waals surface area contributed by atoms with E-state index >= 15 is 0 Å². The topological polar surface area (TPSA) is 40.5 Å². The molecule has 0 saturated heterocycles. The molecule has 7 heteroatoms. The Balaban J connectivity index is 3.17. The van der Waals surface area contributed by atoms with Crippen LogP contribution in [0.15, 0.2) is 18.2 Å². The second-order valence-electron chi connectivity index (χ2n) is 4.08. The second-order valence-corrected chi connectivity index (χ2v) is 4.08. The minimum atomic E-state index is -4.55. The first-order valence-corrected chi connectivity index (χ1v) is 6.03. The molecule has 0 aromatic heterocycles. The highest BCUT2D eigenvalue weighted by Gasteiger charge is 2.33. The number of carbonyl (C=O) groups is 1. The van der Waals surface area contributed by atoms with E-state index in [1.54, 1.807) is 0 Å². The van der Waals surface area contributed by atoms with Crippen molar-refractivity contribution in [2.75, 3.05) is 19.7 Å². The van der Waals surface area contributed by atoms with Gasteiger partial charge < -0.3 is 10.0 Å². The molecule has 1 N–H and O–H groups in total. The standard InChI is InChI=1S/C14H13F4NO2/c1-2-19(9-14(16,17)18)13(21)12-8-11(15)6-5-10(12)4-3-7-20/h5-6,8,20H,2,7,9H2,1H3. The number of carbonyl (C=O) groups excluding carboxylic acids is 1. The average molecular weight is 303 g/mol. The van der Waals surface area contributed by atoms with Crippen LogP contribution in [0.5, 0.6) is 0 Å². The summed E-state index contributed by atoms with van der Waals surface area (Å²) in [6.07, 6.45) is -4.55. The molecule has 0 aliphatic rings. The summed E-state index contributed by atoms with van der Waals surface area (Å²) in [4.78, 5) is 12.7. The van der Waals surface area contributed by atoms with Crippen molar-refractivity contribution < 1.29 is 27.5 Å². The van der Waals surface area contributed by atoms with Crippen LogP contribution < -0.4 is 0 Å². The SMILES string of the molecule is CCN(CC(F)(F)F)C(=O)c1cc(F)ccc1C#CCO. The highest BCUT2D eigenvalue weighted by molar-refractivity contribution is 5.96. The van der Waals surface area contributed by atoms with Crippen LogP contribution in [-0.4, -0.2) is 41.8 Å². The Morgan fingerprint density at radius 3 is 2.57 bits per heavy atom. The van der Waals surface area contributed by atoms with Crippen molar-refractivity contribution in [2.24, 2.45) is 0 Å². The third-order valence-corrected chi connectivity index (χ3v) is 2.55. The van der Waals surface area contributed by atoms with Gasteiger partial charge in [-0.25, -0.2) is 4.39 Å². The lowest BCUT2D eigenvalue weighted by atomic mass is 10.1. The number of hydrogen-bond donors (Lipinski definition) is 1. The molecule has 0 saturated carbocycles. The molecule has 3 nitrogen and oxygen atoms in total. The van der Waals surface area contributed by atoms with E-state index < -0.39 is 31.1 Å². The normalized spacial score (nSPS) is 10.8. The number of benzene rings is 1. The minimum absolute atomic E-state index is 0.0658. The predicted molar refractivity (Wildman–Crippen MR) is 68.0 cm³/mol. The summed E-state index contributed by atoms with van der Waals surface area (Å²) in [7, 11) is 0. The number of alkyl halides is 3. The number of nitrogens with zero attached hydrogens (tertiary/aromatic N) is 1. The van der Waals surface area contributed by atoms with Crippen LogP contribution in [0, 0.1) is 17.7 Å². The maximum absolute atomic E-state index is 13.2. The molecule has 21 heavy (non-hydrogen) atoms. The Hall–Kier alpha value is -2.07. The summed E-state index contributed by atoms with van der Waals surface area (Å²) >= 11 is 0. The Bertz CT molecular complexity index is 573. The third-order valence-electron chi connectivity index (χ3n) is 2.55. The van der Waals surface area contributed by atoms with Gasteiger partial charge in [-0.1, -0.05) is 11.8 Å². The van der Waals surface area contributed by atoms with Crippen molar-refractivity contribution in [1.82, 2.24) is 4.90 Å². The Kier molecular flexibility index (Phi) is 5.73. The van der Waals surface area contributed by atoms with E-state index in [1.165, 1.54) is 13.0 Å². The van der Waals surface area contributed by atoms with E-state index in [1.807, 2.05) is 0 Å². The predicted octanol–water partition coefficient (Wildman–Crippen LogP) is 2.19. The van der Waals surface area contributed by atoms with Crippen LogP contribution in [-0.2, 0) is 0 Å². The lowest BCUT2D eigenvalue weighted by Gasteiger charge is -2.22. The highest BCUT2D eigenvalue weighted by atomic mass is 19.4. The monoisotopic (exact) mass is 303 g/mol. The first kappa shape index (κ1) is 17.0. The zero-order valence-corrected chi connectivity index (χ0v) is 11.2. The first-order valence-electron chi connectivity index (χ1n) is 6.03. The van der Waals surface area contributed by atoms with E-state index in [2.05, 4.69) is 11.8 Å². The summed E-state index contributed by atoms with van der Waals surface area (Å²) in [5.74, 6) is 2.98. The number of hydrogen-bond acceptors (Lipinski definition) is 2. The largest absolute Gasteiger partial charge is 0.406 e. The smallest absolute Gasteiger partial charge is 0.384 e. The molecule has 0 unspecified atom stereocenters. The quantitative estimate of drug-likeness (QED) is 0.687. The van der Waals surface area contributed by atoms with Crippen molar-refractivity contribution in [3.8, 4) is 11.8 Å². The van der Waals surface area contributed by atoms with Crippen LogP contribution in [0.25, 0.3) is 0 Å². The Labute approximate surface area is 119 Å². The fraction of sp³-hybridized carbons (Fsp3) is 0.357. The average Bonchev–Trinajstić information content (AvgIpc) is 2.41. The van der Waals surface area contributed by atoms with E-state index in [4.69, 9.17) is 5.11 Å². The molecular weight excluding hydrogens is 290 g/mol. The molecule has 0 aliphatic heterocycles. The Morgan fingerprint density at radius 1 is 1.38 bits per heavy atom. The van der Waals surface area contributed by atoms with Gasteiger partial charge in [-0.2, -0.15) is 13.2 Å². The van der Waals surface area contributed by atoms with Crippen LogP contribution in [0.4, 0.5) is 17.6 Å². The van der Waals surface area contributed by atoms with Crippen molar-refractivity contribution in [2.45, 2.75) is 13.1 Å². The number of aliphatic hydroxyl groups excluding tert-OH is 1. The van der Waals surface area contributed by atoms with E-state index in [9.17, 15) is 22.4 Å². The molecule has 1 aromatic carbocycles. The van der Waals surface area contributed by atoms with Gasteiger partial charge in [-0.15, -0.1) is 0 Å². The molecule has 114 valence electrons. The van der Waals surface area contributed by atoms with E-state index in [0.717, 1.165) is 12.1 Å². The number of rotatable bonds is 3. The number of aliphatic hydroxyl groups is 1. The molecule has 0 aliphatic carbocycles. The van der Waals surface area contributed by atoms with Gasteiger partial charge in [0.15, 0.2) is 0 Å². The molecule has 1 rings (SSSR count). The summed E-state index contributed by atoms with van der Waals surface area (Å²) in [6, 6.07) is 3.06. The highest BCUT2D eigenvalue weighted by Crippen LogP contribution is 2.19. The molecule has 0 atom stereocenters. The van der Waals surface area contributed by atoms with Gasteiger partial charge in [0.05, 0.1) is 5.56 Å². The summed E-state index contributed by atoms with van der Waals surface area (Å²) in [5, 5.41) is 8.63. The zero-order valence-electron chi connectivity index (χ0n) is 11.2. The summed E-state index contributed by atoms with van der Waals surface area (Å²) in [6.45, 7) is -0.694. The summed E-state index contributed by atoms with van der Waals surface area (Å²) in [5.41, 5.74) is -0.196. The van der Waals surface area contributed by atoms with Crippen LogP contribution in [0.2, 0.25) is 0 Å². The van der Waals surface area contributed by atoms with Crippen LogP contribution >= 0.6 is 0 Å². The number of amides is 1. The van der Waals surface area contributed by atoms with Gasteiger partial charge in [0.1, 0.15) is 19.0 Å². The van der Waals surface area contributed by atoms with Gasteiger partial charge in [0.25, 0.3) is 5.91 Å². The molecule has 1 aromatic rings. The molecule has 0 spiro atoms. The fourth-order valence-electron chi connectivity index (χ4n) is 1.65. The lowest BCUT2D eigenvalue weighted by Crippen LogP contribution is -2.39. The van der Waals surface area contributed by atoms with Gasteiger partial charge in [0.2, 0.25) is 0 Å². The maximum Gasteiger partial charge on any atom is 0.406 e. The molecular formula is C14H13F4NO2. The number of halogens is 4. The van der Waals surface area contributed by atoms with Crippen molar-refractivity contribution >= 4 is 5.91 Å². The second kappa shape index (κ2) is 7.09. The van der Waals surface area contributed by atoms with Crippen molar-refractivity contribution in [1.29, 1.82) is 0 Å². The van der Waals surface area contributed by atoms with Crippen LogP contribution in [0.3, 0.4) is 0 Å². The molecule has 0 bridgehead atoms. The minimum Gasteiger partial charge on any atom is -0.384 e.